The minimum Gasteiger partial charge on any atom is -0.476 e. The zero-order valence-corrected chi connectivity index (χ0v) is 14.3. The van der Waals surface area contributed by atoms with Gasteiger partial charge in [0.15, 0.2) is 5.60 Å². The lowest BCUT2D eigenvalue weighted by Gasteiger charge is -2.40. The average Bonchev–Trinajstić information content (AvgIpc) is 2.48. The van der Waals surface area contributed by atoms with Gasteiger partial charge in [-0.1, -0.05) is 11.6 Å². The van der Waals surface area contributed by atoms with Gasteiger partial charge in [-0.3, -0.25) is 9.69 Å². The van der Waals surface area contributed by atoms with Crippen molar-refractivity contribution in [2.75, 3.05) is 25.2 Å². The molecule has 0 aromatic heterocycles. The van der Waals surface area contributed by atoms with Crippen LogP contribution in [0.15, 0.2) is 18.2 Å². The van der Waals surface area contributed by atoms with E-state index in [2.05, 4.69) is 0 Å². The molecule has 0 N–H and O–H groups in total. The average molecular weight is 342 g/mol. The van der Waals surface area contributed by atoms with Crippen molar-refractivity contribution in [3.63, 3.8) is 0 Å². The smallest absolute Gasteiger partial charge is 0.329 e. The van der Waals surface area contributed by atoms with Gasteiger partial charge in [-0.05, 0) is 39.0 Å². The molecule has 1 unspecified atom stereocenters. The van der Waals surface area contributed by atoms with E-state index in [-0.39, 0.29) is 12.5 Å². The summed E-state index contributed by atoms with van der Waals surface area (Å²) >= 11 is 6.02. The van der Waals surface area contributed by atoms with Gasteiger partial charge in [-0.25, -0.2) is 4.79 Å². The first kappa shape index (κ1) is 17.6. The summed E-state index contributed by atoms with van der Waals surface area (Å²) in [6.45, 7) is 5.35. The summed E-state index contributed by atoms with van der Waals surface area (Å²) in [5.41, 5.74) is -0.625. The monoisotopic (exact) mass is 341 g/mol. The highest BCUT2D eigenvalue weighted by Crippen LogP contribution is 2.40. The second-order valence-corrected chi connectivity index (χ2v) is 6.17. The highest BCUT2D eigenvalue weighted by Gasteiger charge is 2.44. The minimum atomic E-state index is -1.08. The third-order valence-corrected chi connectivity index (χ3v) is 3.77. The van der Waals surface area contributed by atoms with Crippen LogP contribution in [0.4, 0.5) is 5.69 Å². The van der Waals surface area contributed by atoms with E-state index in [9.17, 15) is 9.59 Å². The Hall–Kier alpha value is -1.79. The maximum Gasteiger partial charge on any atom is 0.329 e. The SMILES string of the molecule is COCCOC(=O)C(C)N1C(=O)C(C)(C)Oc2ccc(Cl)cc21. The van der Waals surface area contributed by atoms with E-state index in [0.717, 1.165) is 0 Å². The van der Waals surface area contributed by atoms with Crippen LogP contribution >= 0.6 is 11.6 Å². The number of carbonyl (C=O) groups is 2. The molecule has 1 amide bonds. The fourth-order valence-electron chi connectivity index (χ4n) is 2.32. The van der Waals surface area contributed by atoms with Crippen LogP contribution in [-0.2, 0) is 19.1 Å². The van der Waals surface area contributed by atoms with Crippen LogP contribution in [0.25, 0.3) is 0 Å². The number of hydrogen-bond acceptors (Lipinski definition) is 5. The van der Waals surface area contributed by atoms with Gasteiger partial charge in [0, 0.05) is 12.1 Å². The molecule has 0 radical (unpaired) electrons. The molecule has 6 nitrogen and oxygen atoms in total. The third-order valence-electron chi connectivity index (χ3n) is 3.54. The van der Waals surface area contributed by atoms with Gasteiger partial charge < -0.3 is 14.2 Å². The maximum atomic E-state index is 12.7. The number of nitrogens with zero attached hydrogens (tertiary/aromatic N) is 1. The molecule has 0 bridgehead atoms. The molecule has 1 aliphatic heterocycles. The molecule has 1 aliphatic rings. The fourth-order valence-corrected chi connectivity index (χ4v) is 2.49. The molecule has 0 spiro atoms. The van der Waals surface area contributed by atoms with Crippen molar-refractivity contribution in [2.45, 2.75) is 32.4 Å². The Bertz CT molecular complexity index is 616. The standard InChI is InChI=1S/C16H20ClNO5/c1-10(14(19)22-8-7-21-4)18-12-9-11(17)5-6-13(12)23-16(2,3)15(18)20/h5-6,9-10H,7-8H2,1-4H3. The van der Waals surface area contributed by atoms with Crippen LogP contribution in [0.5, 0.6) is 5.75 Å². The Labute approximate surface area is 140 Å². The van der Waals surface area contributed by atoms with Crippen molar-refractivity contribution in [1.29, 1.82) is 0 Å². The number of hydrogen-bond donors (Lipinski definition) is 0. The van der Waals surface area contributed by atoms with Crippen LogP contribution in [-0.4, -0.2) is 43.8 Å². The molecule has 0 fully saturated rings. The van der Waals surface area contributed by atoms with Crippen molar-refractivity contribution in [2.24, 2.45) is 0 Å². The molecule has 1 aromatic rings. The first-order chi connectivity index (χ1) is 10.8. The lowest BCUT2D eigenvalue weighted by molar-refractivity contribution is -0.148. The van der Waals surface area contributed by atoms with Crippen molar-refractivity contribution in [1.82, 2.24) is 0 Å². The normalized spacial score (nSPS) is 17.3. The molecule has 1 heterocycles. The molecule has 2 rings (SSSR count). The van der Waals surface area contributed by atoms with E-state index in [1.54, 1.807) is 39.0 Å². The van der Waals surface area contributed by atoms with Crippen LogP contribution in [0, 0.1) is 0 Å². The van der Waals surface area contributed by atoms with Gasteiger partial charge in [-0.2, -0.15) is 0 Å². The summed E-state index contributed by atoms with van der Waals surface area (Å²) in [6.07, 6.45) is 0. The summed E-state index contributed by atoms with van der Waals surface area (Å²) in [7, 11) is 1.52. The number of anilines is 1. The lowest BCUT2D eigenvalue weighted by Crippen LogP contribution is -2.57. The van der Waals surface area contributed by atoms with Crippen LogP contribution in [0.2, 0.25) is 5.02 Å². The Morgan fingerprint density at radius 3 is 2.74 bits per heavy atom. The summed E-state index contributed by atoms with van der Waals surface area (Å²) < 4.78 is 15.7. The lowest BCUT2D eigenvalue weighted by atomic mass is 10.0. The highest BCUT2D eigenvalue weighted by atomic mass is 35.5. The van der Waals surface area contributed by atoms with Crippen molar-refractivity contribution in [3.8, 4) is 5.75 Å². The predicted molar refractivity (Wildman–Crippen MR) is 85.9 cm³/mol. The minimum absolute atomic E-state index is 0.129. The molecular weight excluding hydrogens is 322 g/mol. The number of esters is 1. The van der Waals surface area contributed by atoms with Gasteiger partial charge in [0.1, 0.15) is 18.4 Å². The third kappa shape index (κ3) is 3.59. The fraction of sp³-hybridized carbons (Fsp3) is 0.500. The molecule has 0 saturated heterocycles. The number of benzene rings is 1. The summed E-state index contributed by atoms with van der Waals surface area (Å²) in [4.78, 5) is 26.3. The van der Waals surface area contributed by atoms with Gasteiger partial charge in [0.25, 0.3) is 5.91 Å². The number of methoxy groups -OCH3 is 1. The topological polar surface area (TPSA) is 65.1 Å². The second kappa shape index (κ2) is 6.76. The van der Waals surface area contributed by atoms with Crippen molar-refractivity contribution < 1.29 is 23.8 Å². The molecule has 0 saturated carbocycles. The molecule has 7 heteroatoms. The van der Waals surface area contributed by atoms with Crippen LogP contribution in [0.1, 0.15) is 20.8 Å². The quantitative estimate of drug-likeness (QED) is 0.608. The largest absolute Gasteiger partial charge is 0.476 e. The number of carbonyl (C=O) groups excluding carboxylic acids is 2. The molecule has 126 valence electrons. The van der Waals surface area contributed by atoms with E-state index >= 15 is 0 Å². The zero-order valence-electron chi connectivity index (χ0n) is 13.6. The molecule has 1 atom stereocenters. The number of halogens is 1. The summed E-state index contributed by atoms with van der Waals surface area (Å²) in [6, 6.07) is 4.15. The van der Waals surface area contributed by atoms with E-state index in [1.807, 2.05) is 0 Å². The maximum absolute atomic E-state index is 12.7. The van der Waals surface area contributed by atoms with Crippen LogP contribution < -0.4 is 9.64 Å². The first-order valence-electron chi connectivity index (χ1n) is 7.25. The van der Waals surface area contributed by atoms with E-state index in [0.29, 0.717) is 23.1 Å². The molecule has 1 aromatic carbocycles. The van der Waals surface area contributed by atoms with Crippen molar-refractivity contribution in [3.05, 3.63) is 23.2 Å². The summed E-state index contributed by atoms with van der Waals surface area (Å²) in [5, 5.41) is 0.449. The first-order valence-corrected chi connectivity index (χ1v) is 7.63. The highest BCUT2D eigenvalue weighted by molar-refractivity contribution is 6.31. The van der Waals surface area contributed by atoms with Gasteiger partial charge in [-0.15, -0.1) is 0 Å². The van der Waals surface area contributed by atoms with E-state index < -0.39 is 17.6 Å². The number of amides is 1. The number of fused-ring (bicyclic) bond motifs is 1. The Morgan fingerprint density at radius 2 is 2.09 bits per heavy atom. The summed E-state index contributed by atoms with van der Waals surface area (Å²) in [5.74, 6) is -0.349. The number of rotatable bonds is 5. The predicted octanol–water partition coefficient (Wildman–Crippen LogP) is 2.42. The zero-order chi connectivity index (χ0) is 17.2. The van der Waals surface area contributed by atoms with Gasteiger partial charge in [0.2, 0.25) is 0 Å². The molecule has 0 aliphatic carbocycles. The molecular formula is C16H20ClNO5. The van der Waals surface area contributed by atoms with Crippen LogP contribution in [0.3, 0.4) is 0 Å². The second-order valence-electron chi connectivity index (χ2n) is 5.74. The van der Waals surface area contributed by atoms with Crippen molar-refractivity contribution >= 4 is 29.2 Å². The molecule has 23 heavy (non-hydrogen) atoms. The number of ether oxygens (including phenoxy) is 3. The van der Waals surface area contributed by atoms with Gasteiger partial charge >= 0.3 is 5.97 Å². The Kier molecular flexibility index (Phi) is 5.16. The van der Waals surface area contributed by atoms with E-state index in [1.165, 1.54) is 12.0 Å². The Morgan fingerprint density at radius 1 is 1.39 bits per heavy atom. The van der Waals surface area contributed by atoms with E-state index in [4.69, 9.17) is 25.8 Å². The van der Waals surface area contributed by atoms with Gasteiger partial charge in [0.05, 0.1) is 12.3 Å². The Balaban J connectivity index is 2.33.